The quantitative estimate of drug-likeness (QED) is 0.720. The molecular weight excluding hydrogens is 362 g/mol. The van der Waals surface area contributed by atoms with Gasteiger partial charge in [-0.2, -0.15) is 0 Å². The number of halogens is 1. The molecule has 0 saturated carbocycles. The number of benzene rings is 2. The van der Waals surface area contributed by atoms with Gasteiger partial charge in [-0.05, 0) is 50.2 Å². The van der Waals surface area contributed by atoms with Crippen LogP contribution in [0.5, 0.6) is 5.75 Å². The normalized spacial score (nSPS) is 10.5. The lowest BCUT2D eigenvalue weighted by atomic mass is 10.3. The van der Waals surface area contributed by atoms with Gasteiger partial charge in [-0.3, -0.25) is 4.79 Å². The third-order valence-corrected chi connectivity index (χ3v) is 4.25. The highest BCUT2D eigenvalue weighted by atomic mass is 79.9. The van der Waals surface area contributed by atoms with Crippen molar-refractivity contribution in [1.82, 2.24) is 0 Å². The largest absolute Gasteiger partial charge is 0.489 e. The van der Waals surface area contributed by atoms with E-state index >= 15 is 0 Å². The Labute approximate surface area is 143 Å². The summed E-state index contributed by atoms with van der Waals surface area (Å²) in [6.07, 6.45) is 0.0650. The van der Waals surface area contributed by atoms with Crippen molar-refractivity contribution in [3.8, 4) is 5.75 Å². The average molecular weight is 380 g/mol. The zero-order valence-corrected chi connectivity index (χ0v) is 14.9. The Morgan fingerprint density at radius 1 is 1.18 bits per heavy atom. The van der Waals surface area contributed by atoms with E-state index < -0.39 is 0 Å². The number of para-hydroxylation sites is 2. The van der Waals surface area contributed by atoms with Gasteiger partial charge in [0.05, 0.1) is 17.5 Å². The Hall–Kier alpha value is -1.46. The van der Waals surface area contributed by atoms with Crippen molar-refractivity contribution < 1.29 is 9.53 Å². The van der Waals surface area contributed by atoms with Crippen LogP contribution in [-0.2, 0) is 4.79 Å². The summed E-state index contributed by atoms with van der Waals surface area (Å²) >= 11 is 4.90. The van der Waals surface area contributed by atoms with Crippen LogP contribution in [0.25, 0.3) is 0 Å². The topological polar surface area (TPSA) is 38.3 Å². The molecule has 2 aromatic carbocycles. The van der Waals surface area contributed by atoms with Crippen LogP contribution < -0.4 is 10.1 Å². The number of hydrogen-bond acceptors (Lipinski definition) is 3. The van der Waals surface area contributed by atoms with Crippen molar-refractivity contribution in [2.45, 2.75) is 24.8 Å². The number of thioether (sulfide) groups is 1. The molecule has 0 radical (unpaired) electrons. The lowest BCUT2D eigenvalue weighted by molar-refractivity contribution is -0.113. The molecule has 0 atom stereocenters. The van der Waals surface area contributed by atoms with Crippen LogP contribution in [0.15, 0.2) is 57.9 Å². The maximum Gasteiger partial charge on any atom is 0.234 e. The van der Waals surface area contributed by atoms with Gasteiger partial charge in [0.1, 0.15) is 5.75 Å². The first kappa shape index (κ1) is 16.9. The molecule has 2 aromatic rings. The highest BCUT2D eigenvalue weighted by molar-refractivity contribution is 9.10. The van der Waals surface area contributed by atoms with Crippen LogP contribution in [-0.4, -0.2) is 17.8 Å². The highest BCUT2D eigenvalue weighted by Gasteiger charge is 2.09. The number of amides is 1. The van der Waals surface area contributed by atoms with E-state index in [4.69, 9.17) is 4.74 Å². The Bertz CT molecular complexity index is 629. The predicted octanol–water partition coefficient (Wildman–Crippen LogP) is 4.97. The molecule has 0 aromatic heterocycles. The van der Waals surface area contributed by atoms with E-state index in [0.717, 1.165) is 9.37 Å². The Kier molecular flexibility index (Phi) is 6.34. The maximum atomic E-state index is 12.1. The summed E-state index contributed by atoms with van der Waals surface area (Å²) in [5, 5.41) is 2.90. The zero-order chi connectivity index (χ0) is 15.9. The second-order valence-corrected chi connectivity index (χ2v) is 6.92. The average Bonchev–Trinajstić information content (AvgIpc) is 2.48. The van der Waals surface area contributed by atoms with Crippen LogP contribution in [0.1, 0.15) is 13.8 Å². The fourth-order valence-corrected chi connectivity index (χ4v) is 2.76. The Morgan fingerprint density at radius 2 is 1.86 bits per heavy atom. The smallest absolute Gasteiger partial charge is 0.234 e. The van der Waals surface area contributed by atoms with Crippen molar-refractivity contribution in [3.63, 3.8) is 0 Å². The van der Waals surface area contributed by atoms with E-state index in [1.54, 1.807) is 0 Å². The van der Waals surface area contributed by atoms with Crippen LogP contribution in [0.3, 0.4) is 0 Å². The van der Waals surface area contributed by atoms with Gasteiger partial charge >= 0.3 is 0 Å². The summed E-state index contributed by atoms with van der Waals surface area (Å²) in [5.41, 5.74) is 0.706. The molecule has 2 rings (SSSR count). The molecule has 1 N–H and O–H groups in total. The van der Waals surface area contributed by atoms with Gasteiger partial charge in [0.2, 0.25) is 5.91 Å². The summed E-state index contributed by atoms with van der Waals surface area (Å²) < 4.78 is 6.72. The molecule has 3 nitrogen and oxygen atoms in total. The number of anilines is 1. The molecule has 0 saturated heterocycles. The molecule has 0 aliphatic carbocycles. The second-order valence-electron chi connectivity index (χ2n) is 4.95. The maximum absolute atomic E-state index is 12.1. The Morgan fingerprint density at radius 3 is 2.55 bits per heavy atom. The highest BCUT2D eigenvalue weighted by Crippen LogP contribution is 2.26. The van der Waals surface area contributed by atoms with Gasteiger partial charge in [-0.1, -0.05) is 28.1 Å². The van der Waals surface area contributed by atoms with E-state index in [2.05, 4.69) is 21.2 Å². The monoisotopic (exact) mass is 379 g/mol. The molecule has 0 fully saturated rings. The van der Waals surface area contributed by atoms with Crippen molar-refractivity contribution in [3.05, 3.63) is 53.0 Å². The van der Waals surface area contributed by atoms with Crippen LogP contribution in [0.2, 0.25) is 0 Å². The van der Waals surface area contributed by atoms with Gasteiger partial charge in [-0.25, -0.2) is 0 Å². The number of carbonyl (C=O) groups excluding carboxylic acids is 1. The molecule has 116 valence electrons. The Balaban J connectivity index is 1.93. The molecule has 0 heterocycles. The number of hydrogen-bond donors (Lipinski definition) is 1. The number of nitrogens with one attached hydrogen (secondary N) is 1. The van der Waals surface area contributed by atoms with E-state index in [1.807, 2.05) is 62.4 Å². The van der Waals surface area contributed by atoms with Crippen LogP contribution in [0, 0.1) is 0 Å². The van der Waals surface area contributed by atoms with Gasteiger partial charge in [0, 0.05) is 9.37 Å². The minimum absolute atomic E-state index is 0.0484. The third kappa shape index (κ3) is 5.39. The van der Waals surface area contributed by atoms with E-state index in [9.17, 15) is 4.79 Å². The third-order valence-electron chi connectivity index (χ3n) is 2.71. The first-order chi connectivity index (χ1) is 10.5. The summed E-state index contributed by atoms with van der Waals surface area (Å²) in [6, 6.07) is 15.4. The van der Waals surface area contributed by atoms with E-state index in [1.165, 1.54) is 11.8 Å². The molecule has 0 aliphatic rings. The van der Waals surface area contributed by atoms with Gasteiger partial charge in [0.25, 0.3) is 0 Å². The van der Waals surface area contributed by atoms with Gasteiger partial charge in [0.15, 0.2) is 0 Å². The van der Waals surface area contributed by atoms with Gasteiger partial charge in [-0.15, -0.1) is 11.8 Å². The summed E-state index contributed by atoms with van der Waals surface area (Å²) in [6.45, 7) is 3.92. The molecular formula is C17H18BrNO2S. The molecule has 1 amide bonds. The molecule has 5 heteroatoms. The first-order valence-electron chi connectivity index (χ1n) is 6.98. The number of ether oxygens (including phenoxy) is 1. The molecule has 0 aliphatic heterocycles. The van der Waals surface area contributed by atoms with Crippen molar-refractivity contribution in [2.24, 2.45) is 0 Å². The summed E-state index contributed by atoms with van der Waals surface area (Å²) in [7, 11) is 0. The fourth-order valence-electron chi connectivity index (χ4n) is 1.79. The van der Waals surface area contributed by atoms with E-state index in [0.29, 0.717) is 17.2 Å². The SMILES string of the molecule is CC(C)Oc1ccccc1NC(=O)CSc1ccc(Br)cc1. The fraction of sp³-hybridized carbons (Fsp3) is 0.235. The summed E-state index contributed by atoms with van der Waals surface area (Å²) in [4.78, 5) is 13.2. The van der Waals surface area contributed by atoms with Crippen molar-refractivity contribution in [1.29, 1.82) is 0 Å². The molecule has 22 heavy (non-hydrogen) atoms. The molecule has 0 spiro atoms. The number of carbonyl (C=O) groups is 1. The van der Waals surface area contributed by atoms with Crippen molar-refractivity contribution >= 4 is 39.3 Å². The van der Waals surface area contributed by atoms with E-state index in [-0.39, 0.29) is 12.0 Å². The van der Waals surface area contributed by atoms with Crippen LogP contribution in [0.4, 0.5) is 5.69 Å². The molecule has 0 unspecified atom stereocenters. The molecule has 0 bridgehead atoms. The standard InChI is InChI=1S/C17H18BrNO2S/c1-12(2)21-16-6-4-3-5-15(16)19-17(20)11-22-14-9-7-13(18)8-10-14/h3-10,12H,11H2,1-2H3,(H,19,20). The minimum atomic E-state index is -0.0484. The van der Waals surface area contributed by atoms with Crippen LogP contribution >= 0.6 is 27.7 Å². The van der Waals surface area contributed by atoms with Crippen molar-refractivity contribution in [2.75, 3.05) is 11.1 Å². The zero-order valence-electron chi connectivity index (χ0n) is 12.5. The van der Waals surface area contributed by atoms with Gasteiger partial charge < -0.3 is 10.1 Å². The second kappa shape index (κ2) is 8.25. The minimum Gasteiger partial charge on any atom is -0.489 e. The predicted molar refractivity (Wildman–Crippen MR) is 95.7 cm³/mol. The first-order valence-corrected chi connectivity index (χ1v) is 8.76. The lowest BCUT2D eigenvalue weighted by Crippen LogP contribution is -2.16. The lowest BCUT2D eigenvalue weighted by Gasteiger charge is -2.14. The number of rotatable bonds is 6. The summed E-state index contributed by atoms with van der Waals surface area (Å²) in [5.74, 6) is 1.00.